The van der Waals surface area contributed by atoms with Crippen LogP contribution in [0.5, 0.6) is 0 Å². The quantitative estimate of drug-likeness (QED) is 0.0185. The summed E-state index contributed by atoms with van der Waals surface area (Å²) in [5, 5.41) is 46.5. The molecule has 8 aromatic rings. The standard InChI is InChI=1S/2C18H16F3N5O2.C14H19N3O2.C9H6ClF3N2O2.C9H11N3.C5H9BO2.C4H4ClN3O2/c2*1-17(18(19,20)21)25-15(27)13-7-6-12(16(28)26(13)17)24-14-8-11(22-9-23-14)5-4-10-2-3-10;1-14(2,3)19-13(18)17-12-8-11(15-9-16-12)7-6-10-4-5-10;1-8(9(11,12)13)14-6(16)5-3-2-4(10)7(17)15(5)8;10-9-5-8(11-6-12-9)4-3-7-1-2-7;7-6(8)4-3-5-1-2-5;5-3-1-4(8(9)10)7-2-6-3/h2*4-10H,2-3H2,1H3,(H,25,27)(H,22,23,24);6-10H,4-5H2,1-3H3,(H,15,16,17,18);2-3H,1H3,(H,14,16);3-7H,1-2H2,(H2,10,11,12);3-5,7-8H,1-2H2;1-2,9-10H/b2*5-4+;7-6+;;2*4-3+;. The van der Waals surface area contributed by atoms with Gasteiger partial charge in [-0.15, -0.1) is 5.23 Å². The van der Waals surface area contributed by atoms with Crippen LogP contribution in [0.15, 0.2) is 149 Å². The van der Waals surface area contributed by atoms with Gasteiger partial charge in [0, 0.05) is 30.3 Å². The highest BCUT2D eigenvalue weighted by atomic mass is 35.5. The zero-order valence-electron chi connectivity index (χ0n) is 65.6. The zero-order valence-corrected chi connectivity index (χ0v) is 67.1. The Balaban J connectivity index is 0.000000155. The highest BCUT2D eigenvalue weighted by molar-refractivity contribution is 6.47. The van der Waals surface area contributed by atoms with Gasteiger partial charge < -0.3 is 47.1 Å². The molecule has 11 heterocycles. The van der Waals surface area contributed by atoms with Crippen molar-refractivity contribution >= 4 is 119 Å². The Bertz CT molecular complexity index is 5350. The Morgan fingerprint density at radius 2 is 0.828 bits per heavy atom. The number of carbonyl (C=O) groups is 4. The largest absolute Gasteiger partial charge is 0.480 e. The number of hydrogen-bond acceptors (Lipinski definition) is 26. The molecule has 5 aliphatic carbocycles. The lowest BCUT2D eigenvalue weighted by Crippen LogP contribution is -2.55. The number of nitrogens with one attached hydrogen (secondary N) is 6. The number of nitrogen functional groups attached to an aromatic ring is 1. The number of allylic oxidation sites excluding steroid dienone is 5. The summed E-state index contributed by atoms with van der Waals surface area (Å²) in [6, 6.07) is 14.9. The monoisotopic (exact) mass is 1740 g/mol. The maximum Gasteiger partial charge on any atom is 0.480 e. The average molecular weight is 1750 g/mol. The summed E-state index contributed by atoms with van der Waals surface area (Å²) in [7, 11) is -1.25. The number of aromatic nitrogens is 13. The molecule has 8 aromatic heterocycles. The van der Waals surface area contributed by atoms with E-state index >= 15 is 0 Å². The van der Waals surface area contributed by atoms with Crippen LogP contribution in [0.3, 0.4) is 0 Å². The van der Waals surface area contributed by atoms with Gasteiger partial charge in [0.25, 0.3) is 34.4 Å². The molecular formula is C77H81BCl2F9N21O12. The number of alkyl halides is 9. The van der Waals surface area contributed by atoms with Crippen LogP contribution in [-0.2, 0) is 21.7 Å². The normalized spacial score (nSPS) is 19.4. The molecule has 5 fully saturated rings. The second-order valence-electron chi connectivity index (χ2n) is 30.0. The van der Waals surface area contributed by atoms with E-state index in [4.69, 9.17) is 54.1 Å². The van der Waals surface area contributed by atoms with Crippen LogP contribution in [-0.4, -0.2) is 139 Å². The molecule has 0 aromatic carbocycles. The van der Waals surface area contributed by atoms with Gasteiger partial charge in [-0.25, -0.2) is 54.6 Å². The Morgan fingerprint density at radius 1 is 0.492 bits per heavy atom. The van der Waals surface area contributed by atoms with Crippen LogP contribution in [0.2, 0.25) is 10.2 Å². The second kappa shape index (κ2) is 38.2. The van der Waals surface area contributed by atoms with Gasteiger partial charge in [0.1, 0.15) is 99.1 Å². The van der Waals surface area contributed by atoms with Crippen molar-refractivity contribution in [3.8, 4) is 0 Å². The van der Waals surface area contributed by atoms with E-state index in [0.717, 1.165) is 75.3 Å². The Morgan fingerprint density at radius 3 is 1.16 bits per heavy atom. The molecule has 5 saturated carbocycles. The minimum Gasteiger partial charge on any atom is -0.444 e. The summed E-state index contributed by atoms with van der Waals surface area (Å²) < 4.78 is 126. The van der Waals surface area contributed by atoms with Crippen LogP contribution >= 0.6 is 23.2 Å². The number of carbonyl (C=O) groups excluding carboxylic acids is 4. The number of amides is 4. The summed E-state index contributed by atoms with van der Waals surface area (Å²) in [6.07, 6.45) is 21.6. The molecule has 3 aliphatic heterocycles. The molecule has 0 saturated heterocycles. The van der Waals surface area contributed by atoms with Crippen LogP contribution in [0, 0.1) is 29.6 Å². The van der Waals surface area contributed by atoms with Gasteiger partial charge >= 0.3 is 31.7 Å². The van der Waals surface area contributed by atoms with Crippen LogP contribution in [0.1, 0.15) is 160 Å². The fraction of sp³-hybridized carbons (Fsp3) is 0.364. The molecule has 8 aliphatic rings. The number of fused-ring (bicyclic) bond motifs is 3. The van der Waals surface area contributed by atoms with Crippen LogP contribution in [0.4, 0.5) is 84.8 Å². The first kappa shape index (κ1) is 92.0. The number of rotatable bonds is 16. The van der Waals surface area contributed by atoms with Gasteiger partial charge in [0.15, 0.2) is 5.82 Å². The summed E-state index contributed by atoms with van der Waals surface area (Å²) in [5.41, 5.74) is -4.88. The van der Waals surface area contributed by atoms with Crippen molar-refractivity contribution < 1.29 is 83.9 Å². The van der Waals surface area contributed by atoms with E-state index in [2.05, 4.69) is 77.9 Å². The van der Waals surface area contributed by atoms with Crippen LogP contribution < -0.4 is 59.5 Å². The van der Waals surface area contributed by atoms with Crippen LogP contribution in [0.25, 0.3) is 24.3 Å². The lowest BCUT2D eigenvalue weighted by atomic mass is 9.91. The van der Waals surface area contributed by atoms with Crippen molar-refractivity contribution in [2.45, 2.75) is 147 Å². The van der Waals surface area contributed by atoms with Gasteiger partial charge in [-0.05, 0) is 196 Å². The fourth-order valence-electron chi connectivity index (χ4n) is 11.1. The lowest BCUT2D eigenvalue weighted by molar-refractivity contribution is -0.213. The number of nitrogens with zero attached hydrogens (tertiary/aromatic N) is 14. The molecule has 45 heteroatoms. The Kier molecular flexibility index (Phi) is 28.8. The minimum atomic E-state index is -4.86. The predicted octanol–water partition coefficient (Wildman–Crippen LogP) is 12.5. The first-order valence-corrected chi connectivity index (χ1v) is 38.2. The minimum absolute atomic E-state index is 0.0694. The van der Waals surface area contributed by atoms with Gasteiger partial charge in [0.05, 0.1) is 22.8 Å². The van der Waals surface area contributed by atoms with E-state index in [-0.39, 0.29) is 61.3 Å². The maximum absolute atomic E-state index is 13.5. The van der Waals surface area contributed by atoms with E-state index in [1.54, 1.807) is 29.6 Å². The van der Waals surface area contributed by atoms with E-state index in [1.165, 1.54) is 100 Å². The summed E-state index contributed by atoms with van der Waals surface area (Å²) in [4.78, 5) is 123. The van der Waals surface area contributed by atoms with E-state index in [9.17, 15) is 73.1 Å². The molecule has 0 radical (unpaired) electrons. The molecule has 0 spiro atoms. The molecule has 122 heavy (non-hydrogen) atoms. The number of hydrogen-bond donors (Lipinski definition) is 11. The molecule has 12 N–H and O–H groups in total. The summed E-state index contributed by atoms with van der Waals surface area (Å²) >= 11 is 10.9. The van der Waals surface area contributed by atoms with E-state index < -0.39 is 88.7 Å². The third-order valence-electron chi connectivity index (χ3n) is 18.5. The van der Waals surface area contributed by atoms with Crippen molar-refractivity contribution in [1.82, 2.24) is 79.5 Å². The highest BCUT2D eigenvalue weighted by Crippen LogP contribution is 2.42. The smallest absolute Gasteiger partial charge is 0.444 e. The first-order chi connectivity index (χ1) is 57.3. The van der Waals surface area contributed by atoms with Gasteiger partial charge in [-0.3, -0.25) is 58.2 Å². The van der Waals surface area contributed by atoms with Crippen molar-refractivity contribution in [1.29, 1.82) is 0 Å². The summed E-state index contributed by atoms with van der Waals surface area (Å²) in [6.45, 7) is 7.65. The number of pyridine rings is 3. The highest BCUT2D eigenvalue weighted by Gasteiger charge is 2.61. The van der Waals surface area contributed by atoms with Gasteiger partial charge in [-0.1, -0.05) is 59.6 Å². The van der Waals surface area contributed by atoms with Crippen molar-refractivity contribution in [3.63, 3.8) is 0 Å². The SMILES string of the molecule is CC(C)(C)OC(=O)Nc1cc(/C=C/C2CC2)ncn1.CC1(C(F)(F)F)NC(=O)c2ccc(Cl)c(=O)n21.CC1(C(F)(F)F)NC(=O)c2ccc(Nc3cc(/C=C/C4CC4)ncn3)c(=O)n21.CC1(C(F)(F)F)NC(=O)c2ccc(Nc3cc(/C=C/C4CC4)ncn3)c(=O)n21.Nc1cc(/C=C/C2CC2)ncn1.OB(O)/C=C/C1CC1.ON(O)c1cc(Cl)ncn1. The fourth-order valence-corrected chi connectivity index (χ4v) is 11.4. The molecular weight excluding hydrogens is 1660 g/mol. The number of halogens is 11. The lowest BCUT2D eigenvalue weighted by Gasteiger charge is -2.29. The van der Waals surface area contributed by atoms with E-state index in [0.29, 0.717) is 67.3 Å². The first-order valence-electron chi connectivity index (χ1n) is 37.4. The second-order valence-corrected chi connectivity index (χ2v) is 30.8. The third-order valence-corrected chi connectivity index (χ3v) is 19.0. The molecule has 0 bridgehead atoms. The number of anilines is 7. The molecule has 4 amide bonds. The van der Waals surface area contributed by atoms with E-state index in [1.807, 2.05) is 73.9 Å². The Hall–Kier alpha value is -12.3. The number of nitrogens with two attached hydrogens (primary N) is 1. The third kappa shape index (κ3) is 24.9. The van der Waals surface area contributed by atoms with Crippen molar-refractivity contribution in [2.24, 2.45) is 29.6 Å². The predicted molar refractivity (Wildman–Crippen MR) is 430 cm³/mol. The molecule has 16 rings (SSSR count). The molecule has 3 atom stereocenters. The molecule has 33 nitrogen and oxygen atoms in total. The van der Waals surface area contributed by atoms with Gasteiger partial charge in [0.2, 0.25) is 17.0 Å². The van der Waals surface area contributed by atoms with Crippen molar-refractivity contribution in [3.05, 3.63) is 216 Å². The Labute approximate surface area is 698 Å². The number of ether oxygens (including phenoxy) is 1. The maximum atomic E-state index is 13.5. The summed E-state index contributed by atoms with van der Waals surface area (Å²) in [5.74, 6) is 3.17. The molecule has 3 unspecified atom stereocenters. The van der Waals surface area contributed by atoms with Gasteiger partial charge in [-0.2, -0.15) is 39.5 Å². The zero-order chi connectivity index (χ0) is 89.0. The topological polar surface area (TPSA) is 455 Å². The average Bonchev–Trinajstić information content (AvgIpc) is 1.57. The van der Waals surface area contributed by atoms with Crippen molar-refractivity contribution in [2.75, 3.05) is 26.9 Å². The molecule has 646 valence electrons.